The Bertz CT molecular complexity index is 542. The second-order valence-electron chi connectivity index (χ2n) is 7.97. The predicted octanol–water partition coefficient (Wildman–Crippen LogP) is 4.27. The fourth-order valence-electron chi connectivity index (χ4n) is 4.72. The molecule has 2 saturated heterocycles. The first-order valence-electron chi connectivity index (χ1n) is 10.4. The maximum Gasteiger partial charge on any atom is 0.0614 e. The van der Waals surface area contributed by atoms with Crippen molar-refractivity contribution in [3.8, 4) is 0 Å². The summed E-state index contributed by atoms with van der Waals surface area (Å²) in [6.45, 7) is 0.293. The van der Waals surface area contributed by atoms with Crippen LogP contribution in [0.5, 0.6) is 0 Å². The molecule has 1 aromatic rings. The van der Waals surface area contributed by atoms with E-state index in [0.717, 1.165) is 44.9 Å². The molecule has 1 unspecified atom stereocenters. The molecule has 2 aliphatic heterocycles. The molecule has 3 nitrogen and oxygen atoms in total. The fraction of sp³-hybridized carbons (Fsp3) is 0.652. The molecule has 144 valence electrons. The van der Waals surface area contributed by atoms with Crippen molar-refractivity contribution in [2.45, 2.75) is 76.1 Å². The lowest BCUT2D eigenvalue weighted by atomic mass is 9.75. The maximum absolute atomic E-state index is 10.4. The average molecular weight is 359 g/mol. The number of fused-ring (bicyclic) bond motifs is 2. The number of allylic oxidation sites excluding steroid dienone is 2. The third-order valence-corrected chi connectivity index (χ3v) is 6.09. The zero-order chi connectivity index (χ0) is 18.2. The van der Waals surface area contributed by atoms with E-state index in [9.17, 15) is 5.11 Å². The highest BCUT2D eigenvalue weighted by atomic mass is 16.5. The molecule has 2 aliphatic rings. The number of ether oxygens (including phenoxy) is 1. The minimum atomic E-state index is -0.258. The number of unbranched alkanes of at least 4 members (excludes halogenated alkanes) is 2. The van der Waals surface area contributed by atoms with Crippen LogP contribution in [0.1, 0.15) is 56.9 Å². The van der Waals surface area contributed by atoms with E-state index in [4.69, 9.17) is 9.84 Å². The van der Waals surface area contributed by atoms with Crippen molar-refractivity contribution in [3.63, 3.8) is 0 Å². The summed E-state index contributed by atoms with van der Waals surface area (Å²) in [5.41, 5.74) is 1.21. The lowest BCUT2D eigenvalue weighted by Gasteiger charge is -2.28. The van der Waals surface area contributed by atoms with Crippen LogP contribution in [0.4, 0.5) is 0 Å². The molecule has 2 heterocycles. The molecule has 0 saturated carbocycles. The number of hydrogen-bond acceptors (Lipinski definition) is 3. The Hall–Kier alpha value is -1.16. The van der Waals surface area contributed by atoms with Gasteiger partial charge in [0, 0.05) is 6.61 Å². The highest BCUT2D eigenvalue weighted by Gasteiger charge is 2.47. The van der Waals surface area contributed by atoms with Gasteiger partial charge in [0.1, 0.15) is 0 Å². The first kappa shape index (κ1) is 19.6. The van der Waals surface area contributed by atoms with Gasteiger partial charge in [-0.25, -0.2) is 0 Å². The fourth-order valence-corrected chi connectivity index (χ4v) is 4.72. The van der Waals surface area contributed by atoms with E-state index >= 15 is 0 Å². The smallest absolute Gasteiger partial charge is 0.0614 e. The Balaban J connectivity index is 1.44. The predicted molar refractivity (Wildman–Crippen MR) is 105 cm³/mol. The second-order valence-corrected chi connectivity index (χ2v) is 7.97. The van der Waals surface area contributed by atoms with Gasteiger partial charge in [0.2, 0.25) is 0 Å². The standard InChI is InChI=1S/C23H34O3/c24-16-8-3-1-2-7-11-20-21(23-15-14-22(20)26-23)13-12-19(25)17-18-9-5-4-6-10-18/h2,4-7,9-10,19-25H,1,3,8,11-17H2/b7-2+/t19?,20-,21+,22-,23+/m1/s1. The van der Waals surface area contributed by atoms with Crippen molar-refractivity contribution >= 4 is 0 Å². The molecule has 0 spiro atoms. The van der Waals surface area contributed by atoms with Crippen LogP contribution in [0, 0.1) is 11.8 Å². The molecule has 0 aromatic heterocycles. The number of hydrogen-bond donors (Lipinski definition) is 2. The largest absolute Gasteiger partial charge is 0.396 e. The molecular formula is C23H34O3. The number of rotatable bonds is 11. The molecule has 1 aromatic carbocycles. The molecule has 2 N–H and O–H groups in total. The second kappa shape index (κ2) is 10.2. The molecule has 26 heavy (non-hydrogen) atoms. The third-order valence-electron chi connectivity index (χ3n) is 6.09. The van der Waals surface area contributed by atoms with E-state index in [1.54, 1.807) is 0 Å². The minimum absolute atomic E-state index is 0.258. The van der Waals surface area contributed by atoms with Gasteiger partial charge in [0.05, 0.1) is 18.3 Å². The van der Waals surface area contributed by atoms with E-state index in [0.29, 0.717) is 30.7 Å². The Morgan fingerprint density at radius 3 is 2.58 bits per heavy atom. The Kier molecular flexibility index (Phi) is 7.72. The van der Waals surface area contributed by atoms with Crippen molar-refractivity contribution in [1.29, 1.82) is 0 Å². The van der Waals surface area contributed by atoms with Gasteiger partial charge in [-0.2, -0.15) is 0 Å². The number of benzene rings is 1. The van der Waals surface area contributed by atoms with Gasteiger partial charge in [-0.05, 0) is 75.2 Å². The minimum Gasteiger partial charge on any atom is -0.396 e. The van der Waals surface area contributed by atoms with Crippen LogP contribution in [-0.4, -0.2) is 35.1 Å². The van der Waals surface area contributed by atoms with E-state index < -0.39 is 0 Å². The van der Waals surface area contributed by atoms with Gasteiger partial charge in [-0.15, -0.1) is 0 Å². The molecule has 3 heteroatoms. The molecule has 2 fully saturated rings. The van der Waals surface area contributed by atoms with Crippen molar-refractivity contribution in [1.82, 2.24) is 0 Å². The zero-order valence-electron chi connectivity index (χ0n) is 15.8. The van der Waals surface area contributed by atoms with Gasteiger partial charge in [0.25, 0.3) is 0 Å². The van der Waals surface area contributed by atoms with E-state index in [2.05, 4.69) is 24.3 Å². The summed E-state index contributed by atoms with van der Waals surface area (Å²) in [6.07, 6.45) is 14.4. The van der Waals surface area contributed by atoms with Crippen LogP contribution >= 0.6 is 0 Å². The highest BCUT2D eigenvalue weighted by molar-refractivity contribution is 5.15. The monoisotopic (exact) mass is 358 g/mol. The van der Waals surface area contributed by atoms with E-state index in [1.165, 1.54) is 18.4 Å². The van der Waals surface area contributed by atoms with E-state index in [-0.39, 0.29) is 6.10 Å². The zero-order valence-corrected chi connectivity index (χ0v) is 15.8. The SMILES string of the molecule is OCCCC/C=C/C[C@@H]1[C@H](CCC(O)Cc2ccccc2)[C@@H]2CC[C@H]1O2. The van der Waals surface area contributed by atoms with Gasteiger partial charge in [0.15, 0.2) is 0 Å². The molecule has 0 aliphatic carbocycles. The maximum atomic E-state index is 10.4. The number of aliphatic hydroxyl groups excluding tert-OH is 2. The summed E-state index contributed by atoms with van der Waals surface area (Å²) in [5.74, 6) is 1.22. The first-order valence-corrected chi connectivity index (χ1v) is 10.4. The molecular weight excluding hydrogens is 324 g/mol. The summed E-state index contributed by atoms with van der Waals surface area (Å²) in [7, 11) is 0. The Morgan fingerprint density at radius 2 is 1.81 bits per heavy atom. The highest BCUT2D eigenvalue weighted by Crippen LogP contribution is 2.47. The van der Waals surface area contributed by atoms with Gasteiger partial charge in [-0.1, -0.05) is 42.5 Å². The molecule has 3 rings (SSSR count). The molecule has 0 radical (unpaired) electrons. The van der Waals surface area contributed by atoms with Crippen LogP contribution in [0.3, 0.4) is 0 Å². The Labute approximate surface area is 158 Å². The van der Waals surface area contributed by atoms with Crippen molar-refractivity contribution in [2.75, 3.05) is 6.61 Å². The van der Waals surface area contributed by atoms with Crippen LogP contribution in [0.2, 0.25) is 0 Å². The summed E-state index contributed by atoms with van der Waals surface area (Å²) in [5, 5.41) is 19.3. The summed E-state index contributed by atoms with van der Waals surface area (Å²) in [6, 6.07) is 10.3. The normalized spacial score (nSPS) is 28.8. The van der Waals surface area contributed by atoms with Crippen molar-refractivity contribution in [3.05, 3.63) is 48.0 Å². The third kappa shape index (κ3) is 5.42. The molecule has 2 bridgehead atoms. The summed E-state index contributed by atoms with van der Waals surface area (Å²) in [4.78, 5) is 0. The Morgan fingerprint density at radius 1 is 1.04 bits per heavy atom. The average Bonchev–Trinajstić information content (AvgIpc) is 3.25. The van der Waals surface area contributed by atoms with Crippen LogP contribution in [0.15, 0.2) is 42.5 Å². The summed E-state index contributed by atoms with van der Waals surface area (Å²) >= 11 is 0. The van der Waals surface area contributed by atoms with E-state index in [1.807, 2.05) is 18.2 Å². The molecule has 5 atom stereocenters. The topological polar surface area (TPSA) is 49.7 Å². The first-order chi connectivity index (χ1) is 12.8. The summed E-state index contributed by atoms with van der Waals surface area (Å²) < 4.78 is 6.20. The molecule has 0 amide bonds. The van der Waals surface area contributed by atoms with Crippen LogP contribution in [0.25, 0.3) is 0 Å². The van der Waals surface area contributed by atoms with Crippen LogP contribution < -0.4 is 0 Å². The quantitative estimate of drug-likeness (QED) is 0.459. The van der Waals surface area contributed by atoms with Gasteiger partial charge >= 0.3 is 0 Å². The van der Waals surface area contributed by atoms with Gasteiger partial charge in [-0.3, -0.25) is 0 Å². The lowest BCUT2D eigenvalue weighted by molar-refractivity contribution is 0.0837. The van der Waals surface area contributed by atoms with Crippen LogP contribution in [-0.2, 0) is 11.2 Å². The van der Waals surface area contributed by atoms with Gasteiger partial charge < -0.3 is 14.9 Å². The van der Waals surface area contributed by atoms with Crippen molar-refractivity contribution < 1.29 is 14.9 Å². The lowest BCUT2D eigenvalue weighted by Crippen LogP contribution is -2.28. The van der Waals surface area contributed by atoms with Crippen molar-refractivity contribution in [2.24, 2.45) is 11.8 Å². The number of aliphatic hydroxyl groups is 2.